The first-order valence-corrected chi connectivity index (χ1v) is 5.62. The molecule has 0 unspecified atom stereocenters. The molecule has 0 amide bonds. The van der Waals surface area contributed by atoms with Crippen molar-refractivity contribution in [3.63, 3.8) is 0 Å². The highest BCUT2D eigenvalue weighted by Gasteiger charge is 2.11. The van der Waals surface area contributed by atoms with Crippen molar-refractivity contribution >= 4 is 5.82 Å². The van der Waals surface area contributed by atoms with E-state index in [0.29, 0.717) is 24.2 Å². The van der Waals surface area contributed by atoms with Crippen molar-refractivity contribution in [2.75, 3.05) is 12.0 Å². The summed E-state index contributed by atoms with van der Waals surface area (Å²) in [6.07, 6.45) is 3.32. The summed E-state index contributed by atoms with van der Waals surface area (Å²) in [4.78, 5) is 8.23. The lowest BCUT2D eigenvalue weighted by molar-refractivity contribution is 0.258. The summed E-state index contributed by atoms with van der Waals surface area (Å²) in [5.41, 5.74) is 3.53. The van der Waals surface area contributed by atoms with Crippen LogP contribution in [-0.2, 0) is 6.42 Å². The van der Waals surface area contributed by atoms with E-state index in [4.69, 9.17) is 10.6 Å². The van der Waals surface area contributed by atoms with Gasteiger partial charge < -0.3 is 10.2 Å². The average Bonchev–Trinajstić information content (AvgIpc) is 2.27. The number of hydrogen-bond donors (Lipinski definition) is 2. The second-order valence-electron chi connectivity index (χ2n) is 4.11. The predicted octanol–water partition coefficient (Wildman–Crippen LogP) is 1.75. The smallest absolute Gasteiger partial charge is 0.221 e. The molecule has 1 rings (SSSR count). The van der Waals surface area contributed by atoms with E-state index >= 15 is 0 Å². The van der Waals surface area contributed by atoms with Gasteiger partial charge in [-0.2, -0.15) is 0 Å². The average molecular weight is 224 g/mol. The van der Waals surface area contributed by atoms with E-state index in [1.165, 1.54) is 6.33 Å². The van der Waals surface area contributed by atoms with E-state index in [1.54, 1.807) is 0 Å². The molecule has 0 radical (unpaired) electrons. The third kappa shape index (κ3) is 3.34. The molecule has 0 bridgehead atoms. The van der Waals surface area contributed by atoms with Gasteiger partial charge in [-0.05, 0) is 12.3 Å². The third-order valence-corrected chi connectivity index (χ3v) is 2.10. The van der Waals surface area contributed by atoms with Crippen LogP contribution in [0.2, 0.25) is 0 Å². The molecule has 5 heteroatoms. The Morgan fingerprint density at radius 2 is 2.19 bits per heavy atom. The summed E-state index contributed by atoms with van der Waals surface area (Å²) in [7, 11) is 0. The fraction of sp³-hybridized carbons (Fsp3) is 0.636. The Hall–Kier alpha value is -1.36. The van der Waals surface area contributed by atoms with Gasteiger partial charge in [0.05, 0.1) is 12.2 Å². The van der Waals surface area contributed by atoms with Crippen LogP contribution in [0.15, 0.2) is 6.33 Å². The minimum Gasteiger partial charge on any atom is -0.477 e. The van der Waals surface area contributed by atoms with Crippen LogP contribution in [0.3, 0.4) is 0 Å². The molecule has 1 aromatic heterocycles. The number of ether oxygens (including phenoxy) is 1. The fourth-order valence-electron chi connectivity index (χ4n) is 1.37. The largest absolute Gasteiger partial charge is 0.477 e. The maximum absolute atomic E-state index is 5.65. The Bertz CT molecular complexity index is 328. The zero-order chi connectivity index (χ0) is 12.0. The first kappa shape index (κ1) is 12.7. The molecule has 1 heterocycles. The van der Waals surface area contributed by atoms with Gasteiger partial charge >= 0.3 is 0 Å². The van der Waals surface area contributed by atoms with Crippen molar-refractivity contribution in [2.24, 2.45) is 11.8 Å². The Morgan fingerprint density at radius 3 is 2.75 bits per heavy atom. The maximum atomic E-state index is 5.65. The van der Waals surface area contributed by atoms with Crippen molar-refractivity contribution in [2.45, 2.75) is 33.6 Å². The summed E-state index contributed by atoms with van der Waals surface area (Å²) < 4.78 is 5.65. The summed E-state index contributed by atoms with van der Waals surface area (Å²) in [6, 6.07) is 0. The SMILES string of the molecule is CCCc1c(NN)ncnc1OCC(C)C. The molecule has 3 N–H and O–H groups in total. The molecule has 0 atom stereocenters. The zero-order valence-corrected chi connectivity index (χ0v) is 10.2. The van der Waals surface area contributed by atoms with Gasteiger partial charge in [0.25, 0.3) is 0 Å². The quantitative estimate of drug-likeness (QED) is 0.569. The molecule has 0 fully saturated rings. The Balaban J connectivity index is 2.88. The molecule has 0 aliphatic rings. The summed E-state index contributed by atoms with van der Waals surface area (Å²) in [6.45, 7) is 6.95. The standard InChI is InChI=1S/C11H20N4O/c1-4-5-9-10(15-12)13-7-14-11(9)16-6-8(2)3/h7-8H,4-6,12H2,1-3H3,(H,13,14,15). The molecule has 0 saturated heterocycles. The molecular formula is C11H20N4O. The van der Waals surface area contributed by atoms with Crippen LogP contribution < -0.4 is 16.0 Å². The summed E-state index contributed by atoms with van der Waals surface area (Å²) in [5, 5.41) is 0. The summed E-state index contributed by atoms with van der Waals surface area (Å²) >= 11 is 0. The van der Waals surface area contributed by atoms with Gasteiger partial charge in [-0.3, -0.25) is 0 Å². The van der Waals surface area contributed by atoms with Gasteiger partial charge in [-0.1, -0.05) is 27.2 Å². The number of anilines is 1. The van der Waals surface area contributed by atoms with Crippen molar-refractivity contribution in [1.82, 2.24) is 9.97 Å². The molecule has 90 valence electrons. The molecule has 5 nitrogen and oxygen atoms in total. The third-order valence-electron chi connectivity index (χ3n) is 2.10. The van der Waals surface area contributed by atoms with Crippen LogP contribution in [0.1, 0.15) is 32.8 Å². The highest BCUT2D eigenvalue weighted by Crippen LogP contribution is 2.23. The lowest BCUT2D eigenvalue weighted by Gasteiger charge is -2.13. The van der Waals surface area contributed by atoms with Gasteiger partial charge in [0.15, 0.2) is 0 Å². The van der Waals surface area contributed by atoms with E-state index in [1.807, 2.05) is 0 Å². The van der Waals surface area contributed by atoms with E-state index in [-0.39, 0.29) is 0 Å². The minimum absolute atomic E-state index is 0.471. The number of nitrogens with zero attached hydrogens (tertiary/aromatic N) is 2. The number of hydrazine groups is 1. The van der Waals surface area contributed by atoms with Crippen molar-refractivity contribution in [1.29, 1.82) is 0 Å². The molecule has 0 aliphatic heterocycles. The molecule has 0 spiro atoms. The fourth-order valence-corrected chi connectivity index (χ4v) is 1.37. The Morgan fingerprint density at radius 1 is 1.44 bits per heavy atom. The Labute approximate surface area is 96.4 Å². The van der Waals surface area contributed by atoms with Gasteiger partial charge in [0, 0.05) is 0 Å². The van der Waals surface area contributed by atoms with Crippen LogP contribution in [0, 0.1) is 5.92 Å². The molecular weight excluding hydrogens is 204 g/mol. The number of rotatable bonds is 6. The van der Waals surface area contributed by atoms with Gasteiger partial charge in [-0.25, -0.2) is 15.8 Å². The second-order valence-corrected chi connectivity index (χ2v) is 4.11. The molecule has 1 aromatic rings. The predicted molar refractivity (Wildman–Crippen MR) is 64.2 cm³/mol. The van der Waals surface area contributed by atoms with Crippen molar-refractivity contribution < 1.29 is 4.74 Å². The zero-order valence-electron chi connectivity index (χ0n) is 10.2. The molecule has 0 saturated carbocycles. The lowest BCUT2D eigenvalue weighted by Crippen LogP contribution is -2.14. The van der Waals surface area contributed by atoms with Gasteiger partial charge in [-0.15, -0.1) is 0 Å². The van der Waals surface area contributed by atoms with Crippen LogP contribution in [-0.4, -0.2) is 16.6 Å². The van der Waals surface area contributed by atoms with E-state index < -0.39 is 0 Å². The second kappa shape index (κ2) is 6.27. The molecule has 0 aromatic carbocycles. The number of nitrogen functional groups attached to an aromatic ring is 1. The van der Waals surface area contributed by atoms with E-state index in [2.05, 4.69) is 36.2 Å². The maximum Gasteiger partial charge on any atom is 0.221 e. The van der Waals surface area contributed by atoms with Crippen LogP contribution >= 0.6 is 0 Å². The number of nitrogens with two attached hydrogens (primary N) is 1. The highest BCUT2D eigenvalue weighted by atomic mass is 16.5. The van der Waals surface area contributed by atoms with Crippen LogP contribution in [0.4, 0.5) is 5.82 Å². The molecule has 16 heavy (non-hydrogen) atoms. The lowest BCUT2D eigenvalue weighted by atomic mass is 10.2. The van der Waals surface area contributed by atoms with Gasteiger partial charge in [0.2, 0.25) is 5.88 Å². The monoisotopic (exact) mass is 224 g/mol. The van der Waals surface area contributed by atoms with Crippen LogP contribution in [0.25, 0.3) is 0 Å². The Kier molecular flexibility index (Phi) is 4.98. The first-order chi connectivity index (χ1) is 7.69. The molecule has 0 aliphatic carbocycles. The van der Waals surface area contributed by atoms with E-state index in [9.17, 15) is 0 Å². The topological polar surface area (TPSA) is 73.1 Å². The van der Waals surface area contributed by atoms with E-state index in [0.717, 1.165) is 18.4 Å². The number of nitrogens with one attached hydrogen (secondary N) is 1. The van der Waals surface area contributed by atoms with Crippen molar-refractivity contribution in [3.05, 3.63) is 11.9 Å². The summed E-state index contributed by atoms with van der Waals surface area (Å²) in [5.74, 6) is 7.17. The normalized spacial score (nSPS) is 10.6. The number of hydrogen-bond acceptors (Lipinski definition) is 5. The van der Waals surface area contributed by atoms with Crippen molar-refractivity contribution in [3.8, 4) is 5.88 Å². The van der Waals surface area contributed by atoms with Gasteiger partial charge in [0.1, 0.15) is 12.1 Å². The highest BCUT2D eigenvalue weighted by molar-refractivity contribution is 5.47. The number of aromatic nitrogens is 2. The first-order valence-electron chi connectivity index (χ1n) is 5.62. The van der Waals surface area contributed by atoms with Crippen LogP contribution in [0.5, 0.6) is 5.88 Å². The minimum atomic E-state index is 0.471.